The van der Waals surface area contributed by atoms with E-state index in [4.69, 9.17) is 4.74 Å². The summed E-state index contributed by atoms with van der Waals surface area (Å²) in [7, 11) is 1.48. The van der Waals surface area contributed by atoms with Gasteiger partial charge in [-0.1, -0.05) is 12.1 Å². The normalized spacial score (nSPS) is 23.0. The number of hydrogen-bond donors (Lipinski definition) is 1. The third-order valence-electron chi connectivity index (χ3n) is 4.27. The number of nitrogens with zero attached hydrogens (tertiary/aromatic N) is 1. The number of likely N-dealkylation sites (tertiary alicyclic amines) is 1. The third kappa shape index (κ3) is 3.83. The van der Waals surface area contributed by atoms with Gasteiger partial charge in [-0.05, 0) is 43.5 Å². The Hall–Kier alpha value is -1.39. The lowest BCUT2D eigenvalue weighted by Gasteiger charge is -2.41. The number of piperidine rings is 1. The highest BCUT2D eigenvalue weighted by molar-refractivity contribution is 5.30. The lowest BCUT2D eigenvalue weighted by molar-refractivity contribution is 0.0309. The van der Waals surface area contributed by atoms with Crippen LogP contribution in [0, 0.1) is 11.2 Å². The molecular formula is C17H24FNO2. The van der Waals surface area contributed by atoms with Gasteiger partial charge in [0.1, 0.15) is 0 Å². The van der Waals surface area contributed by atoms with Crippen molar-refractivity contribution in [2.75, 3.05) is 26.8 Å². The average molecular weight is 293 g/mol. The Labute approximate surface area is 126 Å². The van der Waals surface area contributed by atoms with Gasteiger partial charge < -0.3 is 9.84 Å². The molecule has 2 rings (SSSR count). The molecule has 0 amide bonds. The molecular weight excluding hydrogens is 269 g/mol. The zero-order valence-corrected chi connectivity index (χ0v) is 12.6. The molecule has 21 heavy (non-hydrogen) atoms. The topological polar surface area (TPSA) is 32.7 Å². The number of halogens is 1. The van der Waals surface area contributed by atoms with Gasteiger partial charge in [0, 0.05) is 18.5 Å². The molecule has 0 aliphatic carbocycles. The highest BCUT2D eigenvalue weighted by Gasteiger charge is 2.33. The minimum Gasteiger partial charge on any atom is -0.494 e. The summed E-state index contributed by atoms with van der Waals surface area (Å²) in [5.74, 6) is -0.0553. The minimum atomic E-state index is -0.337. The first-order chi connectivity index (χ1) is 10.1. The predicted molar refractivity (Wildman–Crippen MR) is 81.8 cm³/mol. The Balaban J connectivity index is 2.07. The van der Waals surface area contributed by atoms with Crippen molar-refractivity contribution >= 4 is 0 Å². The summed E-state index contributed by atoms with van der Waals surface area (Å²) in [5.41, 5.74) is 0.949. The fourth-order valence-electron chi connectivity index (χ4n) is 3.17. The standard InChI is InChI=1S/C17H24FNO2/c1-3-7-17(13-20)8-4-9-19(12-17)11-14-5-6-15(18)16(10-14)21-2/h3,5-6,10,20H,1,4,7-9,11-13H2,2H3. The van der Waals surface area contributed by atoms with E-state index in [1.54, 1.807) is 12.1 Å². The molecule has 0 aromatic heterocycles. The largest absolute Gasteiger partial charge is 0.494 e. The van der Waals surface area contributed by atoms with Crippen LogP contribution in [0.4, 0.5) is 4.39 Å². The SMILES string of the molecule is C=CCC1(CO)CCCN(Cc2ccc(F)c(OC)c2)C1. The summed E-state index contributed by atoms with van der Waals surface area (Å²) in [6.07, 6.45) is 4.80. The molecule has 0 bridgehead atoms. The molecule has 1 aromatic carbocycles. The Morgan fingerprint density at radius 2 is 2.33 bits per heavy atom. The zero-order valence-electron chi connectivity index (χ0n) is 12.6. The molecule has 1 aliphatic heterocycles. The Bertz CT molecular complexity index is 492. The Morgan fingerprint density at radius 3 is 3.00 bits per heavy atom. The molecule has 0 saturated carbocycles. The van der Waals surface area contributed by atoms with E-state index in [1.807, 2.05) is 6.08 Å². The molecule has 0 spiro atoms. The van der Waals surface area contributed by atoms with Crippen LogP contribution in [0.5, 0.6) is 5.75 Å². The lowest BCUT2D eigenvalue weighted by Crippen LogP contribution is -2.44. The van der Waals surface area contributed by atoms with E-state index in [1.165, 1.54) is 13.2 Å². The van der Waals surface area contributed by atoms with E-state index in [0.29, 0.717) is 0 Å². The van der Waals surface area contributed by atoms with Crippen LogP contribution in [0.25, 0.3) is 0 Å². The number of hydrogen-bond acceptors (Lipinski definition) is 3. The molecule has 116 valence electrons. The zero-order chi connectivity index (χ0) is 15.3. The fourth-order valence-corrected chi connectivity index (χ4v) is 3.17. The first-order valence-electron chi connectivity index (χ1n) is 7.39. The van der Waals surface area contributed by atoms with Crippen LogP contribution in [0.1, 0.15) is 24.8 Å². The van der Waals surface area contributed by atoms with Gasteiger partial charge in [0.2, 0.25) is 0 Å². The second-order valence-electron chi connectivity index (χ2n) is 5.93. The summed E-state index contributed by atoms with van der Waals surface area (Å²) in [6.45, 7) is 6.57. The van der Waals surface area contributed by atoms with Crippen LogP contribution >= 0.6 is 0 Å². The van der Waals surface area contributed by atoms with Gasteiger partial charge in [0.05, 0.1) is 13.7 Å². The van der Waals surface area contributed by atoms with E-state index in [2.05, 4.69) is 11.5 Å². The van der Waals surface area contributed by atoms with Crippen LogP contribution in [-0.2, 0) is 6.54 Å². The van der Waals surface area contributed by atoms with E-state index >= 15 is 0 Å². The van der Waals surface area contributed by atoms with E-state index < -0.39 is 0 Å². The van der Waals surface area contributed by atoms with Crippen LogP contribution in [-0.4, -0.2) is 36.8 Å². The second-order valence-corrected chi connectivity index (χ2v) is 5.93. The minimum absolute atomic E-state index is 0.0792. The van der Waals surface area contributed by atoms with Gasteiger partial charge in [-0.15, -0.1) is 6.58 Å². The molecule has 4 heteroatoms. The number of ether oxygens (including phenoxy) is 1. The van der Waals surface area contributed by atoms with E-state index in [-0.39, 0.29) is 23.6 Å². The summed E-state index contributed by atoms with van der Waals surface area (Å²) in [4.78, 5) is 2.32. The molecule has 3 nitrogen and oxygen atoms in total. The molecule has 1 aromatic rings. The van der Waals surface area contributed by atoms with Crippen LogP contribution in [0.2, 0.25) is 0 Å². The van der Waals surface area contributed by atoms with Crippen molar-refractivity contribution in [3.05, 3.63) is 42.2 Å². The Morgan fingerprint density at radius 1 is 1.52 bits per heavy atom. The van der Waals surface area contributed by atoms with Crippen molar-refractivity contribution in [2.45, 2.75) is 25.8 Å². The quantitative estimate of drug-likeness (QED) is 0.819. The summed E-state index contributed by atoms with van der Waals surface area (Å²) < 4.78 is 18.5. The number of rotatable bonds is 6. The van der Waals surface area contributed by atoms with E-state index in [9.17, 15) is 9.50 Å². The molecule has 1 saturated heterocycles. The first-order valence-corrected chi connectivity index (χ1v) is 7.39. The van der Waals surface area contributed by atoms with Crippen LogP contribution in [0.3, 0.4) is 0 Å². The van der Waals surface area contributed by atoms with Gasteiger partial charge >= 0.3 is 0 Å². The second kappa shape index (κ2) is 7.05. The lowest BCUT2D eigenvalue weighted by atomic mass is 9.78. The molecule has 1 heterocycles. The Kier molecular flexibility index (Phi) is 5.37. The van der Waals surface area contributed by atoms with Gasteiger partial charge in [-0.3, -0.25) is 4.90 Å². The smallest absolute Gasteiger partial charge is 0.165 e. The van der Waals surface area contributed by atoms with Crippen molar-refractivity contribution in [1.29, 1.82) is 0 Å². The van der Waals surface area contributed by atoms with Gasteiger partial charge in [-0.25, -0.2) is 4.39 Å². The number of aliphatic hydroxyl groups excluding tert-OH is 1. The van der Waals surface area contributed by atoms with Crippen LogP contribution in [0.15, 0.2) is 30.9 Å². The van der Waals surface area contributed by atoms with Crippen molar-refractivity contribution < 1.29 is 14.2 Å². The summed E-state index contributed by atoms with van der Waals surface area (Å²) in [5, 5.41) is 9.73. The average Bonchev–Trinajstić information content (AvgIpc) is 2.50. The molecule has 0 radical (unpaired) electrons. The molecule has 1 atom stereocenters. The molecule has 1 N–H and O–H groups in total. The summed E-state index contributed by atoms with van der Waals surface area (Å²) >= 11 is 0. The molecule has 1 fully saturated rings. The van der Waals surface area contributed by atoms with Crippen molar-refractivity contribution in [2.24, 2.45) is 5.41 Å². The fraction of sp³-hybridized carbons (Fsp3) is 0.529. The van der Waals surface area contributed by atoms with Crippen LogP contribution < -0.4 is 4.74 Å². The molecule has 1 aliphatic rings. The highest BCUT2D eigenvalue weighted by atomic mass is 19.1. The predicted octanol–water partition coefficient (Wildman–Crippen LogP) is 2.98. The first kappa shape index (κ1) is 16.0. The highest BCUT2D eigenvalue weighted by Crippen LogP contribution is 2.34. The maximum atomic E-state index is 13.4. The number of aliphatic hydroxyl groups is 1. The summed E-state index contributed by atoms with van der Waals surface area (Å²) in [6, 6.07) is 4.99. The van der Waals surface area contributed by atoms with Gasteiger partial charge in [0.25, 0.3) is 0 Å². The maximum absolute atomic E-state index is 13.4. The van der Waals surface area contributed by atoms with Crippen molar-refractivity contribution in [1.82, 2.24) is 4.90 Å². The van der Waals surface area contributed by atoms with Crippen molar-refractivity contribution in [3.63, 3.8) is 0 Å². The molecule has 1 unspecified atom stereocenters. The van der Waals surface area contributed by atoms with E-state index in [0.717, 1.165) is 44.5 Å². The number of allylic oxidation sites excluding steroid dienone is 1. The number of benzene rings is 1. The third-order valence-corrected chi connectivity index (χ3v) is 4.27. The number of methoxy groups -OCH3 is 1. The maximum Gasteiger partial charge on any atom is 0.165 e. The van der Waals surface area contributed by atoms with Crippen molar-refractivity contribution in [3.8, 4) is 5.75 Å². The van der Waals surface area contributed by atoms with Gasteiger partial charge in [0.15, 0.2) is 11.6 Å². The van der Waals surface area contributed by atoms with Gasteiger partial charge in [-0.2, -0.15) is 0 Å². The monoisotopic (exact) mass is 293 g/mol.